The van der Waals surface area contributed by atoms with Crippen molar-refractivity contribution in [2.45, 2.75) is 13.3 Å². The van der Waals surface area contributed by atoms with E-state index in [2.05, 4.69) is 27.4 Å². The summed E-state index contributed by atoms with van der Waals surface area (Å²) >= 11 is 6.50. The van der Waals surface area contributed by atoms with Gasteiger partial charge in [-0.05, 0) is 42.5 Å². The van der Waals surface area contributed by atoms with Gasteiger partial charge in [0.15, 0.2) is 0 Å². The third kappa shape index (κ3) is 3.05. The summed E-state index contributed by atoms with van der Waals surface area (Å²) in [5.41, 5.74) is 2.83. The van der Waals surface area contributed by atoms with E-state index in [4.69, 9.17) is 16.9 Å². The van der Waals surface area contributed by atoms with Crippen LogP contribution in [0.2, 0.25) is 5.02 Å². The summed E-state index contributed by atoms with van der Waals surface area (Å²) in [7, 11) is 0. The van der Waals surface area contributed by atoms with Gasteiger partial charge in [0.1, 0.15) is 11.9 Å². The van der Waals surface area contributed by atoms with Crippen molar-refractivity contribution in [2.24, 2.45) is 11.8 Å². The molecule has 2 aromatic heterocycles. The molecule has 1 aliphatic carbocycles. The van der Waals surface area contributed by atoms with E-state index in [0.717, 1.165) is 16.5 Å². The predicted molar refractivity (Wildman–Crippen MR) is 105 cm³/mol. The summed E-state index contributed by atoms with van der Waals surface area (Å²) in [6, 6.07) is 9.72. The third-order valence-corrected chi connectivity index (χ3v) is 5.34. The van der Waals surface area contributed by atoms with Crippen LogP contribution < -0.4 is 5.32 Å². The molecule has 0 saturated heterocycles. The highest BCUT2D eigenvalue weighted by Crippen LogP contribution is 2.39. The summed E-state index contributed by atoms with van der Waals surface area (Å²) in [6.07, 6.45) is 5.52. The Hall–Kier alpha value is -3.48. The van der Waals surface area contributed by atoms with Gasteiger partial charge >= 0.3 is 0 Å². The van der Waals surface area contributed by atoms with Gasteiger partial charge in [0, 0.05) is 35.1 Å². The van der Waals surface area contributed by atoms with Gasteiger partial charge in [0.25, 0.3) is 0 Å². The van der Waals surface area contributed by atoms with Gasteiger partial charge in [-0.3, -0.25) is 9.78 Å². The lowest BCUT2D eigenvalue weighted by Crippen LogP contribution is -2.15. The number of aryl methyl sites for hydroxylation is 1. The van der Waals surface area contributed by atoms with Gasteiger partial charge in [-0.15, -0.1) is 0 Å². The lowest BCUT2D eigenvalue weighted by Gasteiger charge is -2.12. The lowest BCUT2D eigenvalue weighted by atomic mass is 9.95. The normalized spacial score (nSPS) is 17.6. The van der Waals surface area contributed by atoms with Gasteiger partial charge in [0.2, 0.25) is 5.91 Å². The predicted octanol–water partition coefficient (Wildman–Crippen LogP) is 4.23. The molecule has 1 amide bonds. The molecule has 2 heterocycles. The minimum absolute atomic E-state index is 0.207. The number of halogens is 1. The quantitative estimate of drug-likeness (QED) is 0.724. The van der Waals surface area contributed by atoms with Crippen LogP contribution in [0.5, 0.6) is 0 Å². The molecule has 1 N–H and O–H groups in total. The molecule has 7 heteroatoms. The van der Waals surface area contributed by atoms with E-state index in [1.54, 1.807) is 24.7 Å². The first-order valence-electron chi connectivity index (χ1n) is 8.67. The summed E-state index contributed by atoms with van der Waals surface area (Å²) < 4.78 is 0. The van der Waals surface area contributed by atoms with Crippen molar-refractivity contribution in [3.8, 4) is 23.3 Å². The molecule has 3 aromatic rings. The molecule has 1 saturated carbocycles. The molecular weight excluding hydrogens is 374 g/mol. The zero-order valence-corrected chi connectivity index (χ0v) is 15.7. The number of benzene rings is 1. The molecule has 28 heavy (non-hydrogen) atoms. The summed E-state index contributed by atoms with van der Waals surface area (Å²) in [5, 5.41) is 23.0. The van der Waals surface area contributed by atoms with Crippen LogP contribution in [0.25, 0.3) is 21.9 Å². The van der Waals surface area contributed by atoms with E-state index in [9.17, 15) is 10.1 Å². The Kier molecular flexibility index (Phi) is 4.43. The van der Waals surface area contributed by atoms with Crippen LogP contribution in [0.3, 0.4) is 0 Å². The topological polar surface area (TPSA) is 102 Å². The number of nitrogens with zero attached hydrogens (tertiary/aromatic N) is 4. The lowest BCUT2D eigenvalue weighted by molar-refractivity contribution is -0.117. The smallest absolute Gasteiger partial charge is 0.230 e. The first kappa shape index (κ1) is 17.9. The molecule has 6 nitrogen and oxygen atoms in total. The van der Waals surface area contributed by atoms with Gasteiger partial charge in [0.05, 0.1) is 28.5 Å². The number of aromatic nitrogens is 2. The number of hydrogen-bond acceptors (Lipinski definition) is 5. The fourth-order valence-corrected chi connectivity index (χ4v) is 3.54. The van der Waals surface area contributed by atoms with E-state index in [1.807, 2.05) is 19.1 Å². The Labute approximate surface area is 166 Å². The summed E-state index contributed by atoms with van der Waals surface area (Å²) in [4.78, 5) is 20.6. The Bertz CT molecular complexity index is 1210. The number of amides is 1. The fraction of sp³-hybridized carbons (Fsp3) is 0.190. The Balaban J connectivity index is 1.79. The Morgan fingerprint density at radius 1 is 1.29 bits per heavy atom. The van der Waals surface area contributed by atoms with Crippen LogP contribution in [0.4, 0.5) is 5.82 Å². The van der Waals surface area contributed by atoms with Crippen LogP contribution in [0.1, 0.15) is 17.5 Å². The van der Waals surface area contributed by atoms with Crippen molar-refractivity contribution in [3.05, 3.63) is 52.9 Å². The fourth-order valence-electron chi connectivity index (χ4n) is 3.24. The van der Waals surface area contributed by atoms with Crippen molar-refractivity contribution in [1.29, 1.82) is 10.5 Å². The standard InChI is InChI=1S/C21H14ClN5O/c1-11-2-3-25-9-17(11)15-4-12-6-19(27-21(28)14-5-13(14)7-23)26-10-18(12)20(22)16(15)8-24/h2-4,6,9-10,13-14H,5H2,1H3,(H,26,27,28)/t13-,14+/m0/s1. The molecule has 136 valence electrons. The highest BCUT2D eigenvalue weighted by atomic mass is 35.5. The van der Waals surface area contributed by atoms with Crippen LogP contribution in [0.15, 0.2) is 36.8 Å². The Morgan fingerprint density at radius 2 is 2.11 bits per heavy atom. The number of anilines is 1. The number of hydrogen-bond donors (Lipinski definition) is 1. The third-order valence-electron chi connectivity index (χ3n) is 4.95. The van der Waals surface area contributed by atoms with Crippen LogP contribution >= 0.6 is 11.6 Å². The van der Waals surface area contributed by atoms with Crippen molar-refractivity contribution in [1.82, 2.24) is 9.97 Å². The second-order valence-corrected chi connectivity index (χ2v) is 7.15. The number of rotatable bonds is 3. The first-order valence-corrected chi connectivity index (χ1v) is 9.05. The van der Waals surface area contributed by atoms with E-state index >= 15 is 0 Å². The summed E-state index contributed by atoms with van der Waals surface area (Å²) in [6.45, 7) is 1.94. The molecule has 1 fully saturated rings. The number of carbonyl (C=O) groups excluding carboxylic acids is 1. The maximum atomic E-state index is 12.2. The zero-order chi connectivity index (χ0) is 19.8. The molecule has 0 spiro atoms. The monoisotopic (exact) mass is 387 g/mol. The first-order chi connectivity index (χ1) is 13.5. The second-order valence-electron chi connectivity index (χ2n) is 6.77. The number of fused-ring (bicyclic) bond motifs is 1. The van der Waals surface area contributed by atoms with E-state index < -0.39 is 0 Å². The maximum Gasteiger partial charge on any atom is 0.230 e. The molecule has 4 rings (SSSR count). The summed E-state index contributed by atoms with van der Waals surface area (Å²) in [5.74, 6) is -0.314. The average molecular weight is 388 g/mol. The van der Waals surface area contributed by atoms with Crippen LogP contribution in [-0.4, -0.2) is 15.9 Å². The molecule has 0 bridgehead atoms. The van der Waals surface area contributed by atoms with Crippen LogP contribution in [0, 0.1) is 41.4 Å². The zero-order valence-electron chi connectivity index (χ0n) is 14.9. The molecule has 0 aliphatic heterocycles. The maximum absolute atomic E-state index is 12.2. The molecule has 1 aliphatic rings. The van der Waals surface area contributed by atoms with E-state index in [-0.39, 0.29) is 17.7 Å². The van der Waals surface area contributed by atoms with Gasteiger partial charge < -0.3 is 5.32 Å². The van der Waals surface area contributed by atoms with Gasteiger partial charge in [-0.1, -0.05) is 11.6 Å². The molecule has 2 atom stereocenters. The van der Waals surface area contributed by atoms with Crippen LogP contribution in [-0.2, 0) is 4.79 Å². The van der Waals surface area contributed by atoms with Crippen molar-refractivity contribution < 1.29 is 4.79 Å². The van der Waals surface area contributed by atoms with E-state index in [0.29, 0.717) is 33.8 Å². The second kappa shape index (κ2) is 6.92. The molecule has 1 aromatic carbocycles. The number of carbonyl (C=O) groups is 1. The highest BCUT2D eigenvalue weighted by molar-refractivity contribution is 6.37. The minimum atomic E-state index is -0.277. The van der Waals surface area contributed by atoms with E-state index in [1.165, 1.54) is 0 Å². The van der Waals surface area contributed by atoms with Crippen molar-refractivity contribution in [3.63, 3.8) is 0 Å². The number of nitrogens with one attached hydrogen (secondary N) is 1. The highest BCUT2D eigenvalue weighted by Gasteiger charge is 2.43. The Morgan fingerprint density at radius 3 is 2.79 bits per heavy atom. The molecular formula is C21H14ClN5O. The van der Waals surface area contributed by atoms with Gasteiger partial charge in [-0.25, -0.2) is 4.98 Å². The largest absolute Gasteiger partial charge is 0.310 e. The van der Waals surface area contributed by atoms with Crippen molar-refractivity contribution in [2.75, 3.05) is 5.32 Å². The SMILES string of the molecule is Cc1ccncc1-c1cc2cc(NC(=O)[C@@H]3C[C@H]3C#N)ncc2c(Cl)c1C#N. The van der Waals surface area contributed by atoms with Gasteiger partial charge in [-0.2, -0.15) is 10.5 Å². The number of nitriles is 2. The minimum Gasteiger partial charge on any atom is -0.310 e. The average Bonchev–Trinajstić information content (AvgIpc) is 3.48. The van der Waals surface area contributed by atoms with Crippen molar-refractivity contribution >= 4 is 34.1 Å². The molecule has 0 unspecified atom stereocenters. The molecule has 0 radical (unpaired) electrons. The number of pyridine rings is 2.